The monoisotopic (exact) mass is 592 g/mol. The lowest BCUT2D eigenvalue weighted by Crippen LogP contribution is -2.47. The number of carbonyl (C=O) groups is 1. The number of aliphatic hydroxyl groups excluding tert-OH is 1. The number of nitrogens with one attached hydrogen (secondary N) is 1. The predicted molar refractivity (Wildman–Crippen MR) is 160 cm³/mol. The second-order valence-electron chi connectivity index (χ2n) is 11.0. The lowest BCUT2D eigenvalue weighted by atomic mass is 9.92. The van der Waals surface area contributed by atoms with Gasteiger partial charge in [-0.15, -0.1) is 0 Å². The van der Waals surface area contributed by atoms with Gasteiger partial charge < -0.3 is 24.5 Å². The minimum absolute atomic E-state index is 0.193. The Labute approximate surface area is 249 Å². The van der Waals surface area contributed by atoms with Gasteiger partial charge in [0, 0.05) is 60.9 Å². The van der Waals surface area contributed by atoms with E-state index in [4.69, 9.17) is 21.1 Å². The van der Waals surface area contributed by atoms with Crippen molar-refractivity contribution in [1.29, 1.82) is 0 Å². The largest absolute Gasteiger partial charge is 0.491 e. The Balaban J connectivity index is 1.21. The highest BCUT2D eigenvalue weighted by molar-refractivity contribution is 6.31. The van der Waals surface area contributed by atoms with Crippen LogP contribution in [0.15, 0.2) is 66.7 Å². The summed E-state index contributed by atoms with van der Waals surface area (Å²) in [7, 11) is 2.11. The molecular weight excluding hydrogens is 559 g/mol. The summed E-state index contributed by atoms with van der Waals surface area (Å²) in [5.74, 6) is 0.505. The number of H-pyrrole nitrogens is 1. The molecule has 2 N–H and O–H groups in total. The number of amides is 1. The van der Waals surface area contributed by atoms with E-state index in [1.54, 1.807) is 4.90 Å². The van der Waals surface area contributed by atoms with Crippen LogP contribution in [0.4, 0.5) is 9.18 Å². The van der Waals surface area contributed by atoms with Crippen LogP contribution >= 0.6 is 11.6 Å². The molecule has 2 aliphatic rings. The third kappa shape index (κ3) is 6.24. The van der Waals surface area contributed by atoms with Crippen LogP contribution in [0.1, 0.15) is 22.9 Å². The van der Waals surface area contributed by atoms with E-state index in [9.17, 15) is 14.3 Å². The van der Waals surface area contributed by atoms with Gasteiger partial charge in [0.2, 0.25) is 0 Å². The van der Waals surface area contributed by atoms with Gasteiger partial charge in [0.1, 0.15) is 36.1 Å². The first-order valence-electron chi connectivity index (χ1n) is 14.2. The van der Waals surface area contributed by atoms with Gasteiger partial charge in [0.25, 0.3) is 0 Å². The zero-order valence-electron chi connectivity index (χ0n) is 23.4. The van der Waals surface area contributed by atoms with Gasteiger partial charge in [-0.05, 0) is 79.2 Å². The molecule has 0 radical (unpaired) electrons. The van der Waals surface area contributed by atoms with Crippen LogP contribution in [0.2, 0.25) is 5.02 Å². The Morgan fingerprint density at radius 3 is 2.48 bits per heavy atom. The number of hydrogen-bond donors (Lipinski definition) is 2. The number of piperazine rings is 1. The van der Waals surface area contributed by atoms with Crippen LogP contribution in [-0.4, -0.2) is 89.9 Å². The van der Waals surface area contributed by atoms with Crippen LogP contribution in [0.3, 0.4) is 0 Å². The average molecular weight is 593 g/mol. The Bertz CT molecular complexity index is 1540. The van der Waals surface area contributed by atoms with Gasteiger partial charge in [0.15, 0.2) is 0 Å². The Morgan fingerprint density at radius 2 is 1.74 bits per heavy atom. The van der Waals surface area contributed by atoms with Crippen LogP contribution < -0.4 is 9.47 Å². The molecule has 8 nitrogen and oxygen atoms in total. The molecule has 0 bridgehead atoms. The highest BCUT2D eigenvalue weighted by atomic mass is 35.5. The molecule has 0 aliphatic carbocycles. The molecule has 3 heterocycles. The minimum atomic E-state index is -0.594. The molecule has 220 valence electrons. The number of rotatable bonds is 7. The third-order valence-corrected chi connectivity index (χ3v) is 8.28. The van der Waals surface area contributed by atoms with Crippen molar-refractivity contribution in [1.82, 2.24) is 19.7 Å². The van der Waals surface area contributed by atoms with E-state index in [0.29, 0.717) is 30.3 Å². The van der Waals surface area contributed by atoms with Crippen LogP contribution in [0.5, 0.6) is 11.5 Å². The molecule has 2 atom stereocenters. The van der Waals surface area contributed by atoms with Crippen LogP contribution in [0, 0.1) is 5.82 Å². The molecule has 1 saturated heterocycles. The van der Waals surface area contributed by atoms with Crippen molar-refractivity contribution >= 4 is 28.6 Å². The van der Waals surface area contributed by atoms with Crippen molar-refractivity contribution < 1.29 is 23.8 Å². The molecule has 1 aromatic heterocycles. The fraction of sp³-hybridized carbons (Fsp3) is 0.344. The Morgan fingerprint density at radius 1 is 1.02 bits per heavy atom. The molecule has 42 heavy (non-hydrogen) atoms. The maximum Gasteiger partial charge on any atom is 0.416 e. The van der Waals surface area contributed by atoms with Crippen molar-refractivity contribution in [2.45, 2.75) is 18.6 Å². The summed E-state index contributed by atoms with van der Waals surface area (Å²) in [4.78, 5) is 23.2. The molecule has 2 unspecified atom stereocenters. The van der Waals surface area contributed by atoms with E-state index in [1.807, 2.05) is 42.5 Å². The normalized spacial score (nSPS) is 18.6. The number of hydrogen-bond acceptors (Lipinski definition) is 6. The molecule has 4 aromatic rings. The van der Waals surface area contributed by atoms with Crippen LogP contribution in [-0.2, 0) is 6.42 Å². The van der Waals surface area contributed by atoms with Gasteiger partial charge >= 0.3 is 6.09 Å². The van der Waals surface area contributed by atoms with Crippen molar-refractivity contribution in [2.24, 2.45) is 0 Å². The van der Waals surface area contributed by atoms with E-state index in [2.05, 4.69) is 21.8 Å². The first-order chi connectivity index (χ1) is 20.3. The number of β-amino-alcohol motifs (C(OH)–C–C–N with tert-alkyl or cyclic N) is 1. The van der Waals surface area contributed by atoms with Crippen molar-refractivity contribution in [3.63, 3.8) is 0 Å². The number of carbonyl (C=O) groups excluding carboxylic acids is 1. The lowest BCUT2D eigenvalue weighted by Gasteiger charge is -2.35. The van der Waals surface area contributed by atoms with Crippen LogP contribution in [0.25, 0.3) is 10.9 Å². The summed E-state index contributed by atoms with van der Waals surface area (Å²) in [6.45, 7) is 5.06. The number of aliphatic hydroxyl groups is 1. The summed E-state index contributed by atoms with van der Waals surface area (Å²) in [5, 5.41) is 12.2. The number of benzene rings is 3. The van der Waals surface area contributed by atoms with Crippen molar-refractivity contribution in [3.8, 4) is 11.5 Å². The summed E-state index contributed by atoms with van der Waals surface area (Å²) < 4.78 is 25.0. The SMILES string of the molecule is CN1CCN(CC(O)COc2ccc(C3c4[nH]c5ccc(Cl)cc5c4CCN3C(=O)Oc3ccc(F)cc3)cc2)CC1. The first-order valence-corrected chi connectivity index (χ1v) is 14.6. The zero-order chi connectivity index (χ0) is 29.2. The second kappa shape index (κ2) is 12.3. The number of aromatic amines is 1. The highest BCUT2D eigenvalue weighted by Crippen LogP contribution is 2.40. The molecule has 3 aromatic carbocycles. The van der Waals surface area contributed by atoms with E-state index >= 15 is 0 Å². The lowest BCUT2D eigenvalue weighted by molar-refractivity contribution is 0.0504. The number of nitrogens with zero attached hydrogens (tertiary/aromatic N) is 3. The number of likely N-dealkylation sites (N-methyl/N-ethyl adjacent to an activating group) is 1. The maximum atomic E-state index is 13.5. The summed E-state index contributed by atoms with van der Waals surface area (Å²) in [6.07, 6.45) is -0.498. The first kappa shape index (κ1) is 28.5. The van der Waals surface area contributed by atoms with E-state index < -0.39 is 24.1 Å². The zero-order valence-corrected chi connectivity index (χ0v) is 24.2. The topological polar surface area (TPSA) is 81.3 Å². The summed E-state index contributed by atoms with van der Waals surface area (Å²) >= 11 is 6.32. The molecule has 0 saturated carbocycles. The molecule has 6 rings (SSSR count). The molecule has 2 aliphatic heterocycles. The second-order valence-corrected chi connectivity index (χ2v) is 11.4. The Hall–Kier alpha value is -3.63. The average Bonchev–Trinajstić information content (AvgIpc) is 3.36. The number of aromatic nitrogens is 1. The van der Waals surface area contributed by atoms with E-state index in [-0.39, 0.29) is 12.4 Å². The van der Waals surface area contributed by atoms with Crippen molar-refractivity contribution in [2.75, 3.05) is 52.9 Å². The van der Waals surface area contributed by atoms with E-state index in [1.165, 1.54) is 24.3 Å². The molecular formula is C32H34ClFN4O4. The number of ether oxygens (including phenoxy) is 2. The van der Waals surface area contributed by atoms with Crippen molar-refractivity contribution in [3.05, 3.63) is 94.4 Å². The van der Waals surface area contributed by atoms with Gasteiger partial charge in [-0.3, -0.25) is 9.80 Å². The van der Waals surface area contributed by atoms with Gasteiger partial charge in [-0.25, -0.2) is 9.18 Å². The molecule has 1 fully saturated rings. The quantitative estimate of drug-likeness (QED) is 0.311. The fourth-order valence-electron chi connectivity index (χ4n) is 5.79. The van der Waals surface area contributed by atoms with E-state index in [0.717, 1.165) is 53.9 Å². The Kier molecular flexibility index (Phi) is 8.35. The number of halogens is 2. The summed E-state index contributed by atoms with van der Waals surface area (Å²) in [6, 6.07) is 18.2. The highest BCUT2D eigenvalue weighted by Gasteiger charge is 2.36. The number of fused-ring (bicyclic) bond motifs is 3. The smallest absolute Gasteiger partial charge is 0.416 e. The van der Waals surface area contributed by atoms with Gasteiger partial charge in [-0.2, -0.15) is 0 Å². The van der Waals surface area contributed by atoms with Gasteiger partial charge in [-0.1, -0.05) is 23.7 Å². The maximum absolute atomic E-state index is 13.5. The van der Waals surface area contributed by atoms with Gasteiger partial charge in [0.05, 0.1) is 0 Å². The standard InChI is InChI=1S/C32H34ClFN4O4/c1-36-14-16-37(17-15-36)19-24(39)20-41-25-7-2-21(3-8-25)31-30-27(28-18-22(33)4-11-29(28)35-30)12-13-38(31)32(40)42-26-9-5-23(34)6-10-26/h2-11,18,24,31,35,39H,12-17,19-20H2,1H3. The molecule has 1 amide bonds. The third-order valence-electron chi connectivity index (χ3n) is 8.05. The minimum Gasteiger partial charge on any atom is -0.491 e. The summed E-state index contributed by atoms with van der Waals surface area (Å²) in [5.41, 5.74) is 3.81. The molecule has 0 spiro atoms. The fourth-order valence-corrected chi connectivity index (χ4v) is 5.96. The predicted octanol–water partition coefficient (Wildman–Crippen LogP) is 5.09. The molecule has 10 heteroatoms.